The van der Waals surface area contributed by atoms with Crippen LogP contribution in [0.2, 0.25) is 0 Å². The molecule has 0 bridgehead atoms. The maximum Gasteiger partial charge on any atom is 0.0219 e. The third kappa shape index (κ3) is 1.05. The van der Waals surface area contributed by atoms with Gasteiger partial charge in [0, 0.05) is 9.90 Å². The molecule has 0 N–H and O–H groups in total. The Balaban J connectivity index is 2.20. The molecule has 0 atom stereocenters. The minimum atomic E-state index is 0.384. The molecule has 14 heavy (non-hydrogen) atoms. The summed E-state index contributed by atoms with van der Waals surface area (Å²) >= 11 is 3.68. The fourth-order valence-electron chi connectivity index (χ4n) is 2.94. The molecule has 2 aliphatic rings. The second-order valence-corrected chi connectivity index (χ2v) is 5.26. The highest BCUT2D eigenvalue weighted by Crippen LogP contribution is 2.51. The highest BCUT2D eigenvalue weighted by Gasteiger charge is 2.39. The lowest BCUT2D eigenvalue weighted by Crippen LogP contribution is -2.16. The van der Waals surface area contributed by atoms with Crippen molar-refractivity contribution in [3.63, 3.8) is 0 Å². The number of hydrogen-bond donors (Lipinski definition) is 0. The summed E-state index contributed by atoms with van der Waals surface area (Å²) in [6.07, 6.45) is 7.86. The maximum absolute atomic E-state index is 3.68. The fourth-order valence-corrected chi connectivity index (χ4v) is 3.73. The Hall–Kier alpha value is -0.560. The van der Waals surface area contributed by atoms with Gasteiger partial charge in [-0.15, -0.1) is 0 Å². The molecule has 2 aliphatic carbocycles. The zero-order chi connectivity index (χ0) is 9.60. The summed E-state index contributed by atoms with van der Waals surface area (Å²) in [6.45, 7) is 0. The Bertz CT molecular complexity index is 397. The Kier molecular flexibility index (Phi) is 1.85. The zero-order valence-corrected chi connectivity index (χ0v) is 9.68. The molecule has 0 heterocycles. The van der Waals surface area contributed by atoms with Gasteiger partial charge >= 0.3 is 0 Å². The Morgan fingerprint density at radius 1 is 1.07 bits per heavy atom. The molecule has 1 aromatic carbocycles. The smallest absolute Gasteiger partial charge is 0.0219 e. The molecule has 1 saturated carbocycles. The van der Waals surface area contributed by atoms with Gasteiger partial charge in [-0.3, -0.25) is 0 Å². The number of hydrogen-bond acceptors (Lipinski definition) is 0. The lowest BCUT2D eigenvalue weighted by atomic mass is 9.81. The van der Waals surface area contributed by atoms with Crippen molar-refractivity contribution in [1.29, 1.82) is 0 Å². The van der Waals surface area contributed by atoms with Crippen LogP contribution in [0.5, 0.6) is 0 Å². The summed E-state index contributed by atoms with van der Waals surface area (Å²) in [5, 5.41) is 0. The minimum absolute atomic E-state index is 0.384. The molecule has 1 spiro atoms. The van der Waals surface area contributed by atoms with Crippen molar-refractivity contribution >= 4 is 20.4 Å². The lowest BCUT2D eigenvalue weighted by Gasteiger charge is -2.22. The second kappa shape index (κ2) is 2.96. The number of halogens is 1. The molecule has 1 aromatic rings. The first-order valence-electron chi connectivity index (χ1n) is 5.30. The average molecular weight is 249 g/mol. The van der Waals surface area contributed by atoms with Crippen LogP contribution in [-0.2, 0) is 5.41 Å². The molecule has 0 amide bonds. The van der Waals surface area contributed by atoms with Gasteiger partial charge in [0.25, 0.3) is 0 Å². The molecule has 0 radical (unpaired) electrons. The second-order valence-electron chi connectivity index (χ2n) is 4.40. The molecule has 72 valence electrons. The van der Waals surface area contributed by atoms with E-state index in [0.717, 1.165) is 0 Å². The van der Waals surface area contributed by atoms with E-state index < -0.39 is 0 Å². The van der Waals surface area contributed by atoms with Gasteiger partial charge in [0.15, 0.2) is 0 Å². The Labute approximate surface area is 93.2 Å². The summed E-state index contributed by atoms with van der Waals surface area (Å²) in [7, 11) is 0. The highest BCUT2D eigenvalue weighted by atomic mass is 79.9. The predicted octanol–water partition coefficient (Wildman–Crippen LogP) is 4.25. The normalized spacial score (nSPS) is 22.5. The van der Waals surface area contributed by atoms with Crippen LogP contribution < -0.4 is 0 Å². The lowest BCUT2D eigenvalue weighted by molar-refractivity contribution is 0.568. The van der Waals surface area contributed by atoms with Crippen LogP contribution in [0.25, 0.3) is 4.48 Å². The molecule has 0 aliphatic heterocycles. The predicted molar refractivity (Wildman–Crippen MR) is 63.5 cm³/mol. The number of rotatable bonds is 0. The van der Waals surface area contributed by atoms with E-state index >= 15 is 0 Å². The summed E-state index contributed by atoms with van der Waals surface area (Å²) < 4.78 is 1.30. The van der Waals surface area contributed by atoms with Crippen molar-refractivity contribution in [2.45, 2.75) is 31.1 Å². The SMILES string of the molecule is BrC1=CC2(CCCC2)c2ccccc21. The molecule has 1 fully saturated rings. The molecular weight excluding hydrogens is 236 g/mol. The van der Waals surface area contributed by atoms with Crippen molar-refractivity contribution in [3.05, 3.63) is 41.5 Å². The zero-order valence-electron chi connectivity index (χ0n) is 8.09. The quantitative estimate of drug-likeness (QED) is 0.644. The van der Waals surface area contributed by atoms with E-state index in [1.165, 1.54) is 35.7 Å². The Morgan fingerprint density at radius 3 is 2.57 bits per heavy atom. The van der Waals surface area contributed by atoms with Crippen LogP contribution in [0.4, 0.5) is 0 Å². The van der Waals surface area contributed by atoms with E-state index in [2.05, 4.69) is 46.3 Å². The molecule has 0 unspecified atom stereocenters. The largest absolute Gasteiger partial charge is 0.0619 e. The first-order chi connectivity index (χ1) is 6.82. The molecule has 0 saturated heterocycles. The summed E-state index contributed by atoms with van der Waals surface area (Å²) in [5.41, 5.74) is 3.34. The minimum Gasteiger partial charge on any atom is -0.0619 e. The van der Waals surface area contributed by atoms with E-state index in [0.29, 0.717) is 5.41 Å². The van der Waals surface area contributed by atoms with E-state index in [1.54, 1.807) is 5.56 Å². The van der Waals surface area contributed by atoms with E-state index in [1.807, 2.05) is 0 Å². The third-order valence-corrected chi connectivity index (χ3v) is 4.28. The molecule has 3 rings (SSSR count). The molecule has 0 aromatic heterocycles. The Morgan fingerprint density at radius 2 is 1.79 bits per heavy atom. The van der Waals surface area contributed by atoms with Crippen LogP contribution in [0, 0.1) is 0 Å². The van der Waals surface area contributed by atoms with Crippen molar-refractivity contribution in [3.8, 4) is 0 Å². The van der Waals surface area contributed by atoms with Crippen LogP contribution in [0.3, 0.4) is 0 Å². The van der Waals surface area contributed by atoms with Crippen molar-refractivity contribution < 1.29 is 0 Å². The van der Waals surface area contributed by atoms with Crippen molar-refractivity contribution in [1.82, 2.24) is 0 Å². The number of allylic oxidation sites excluding steroid dienone is 1. The maximum atomic E-state index is 3.68. The van der Waals surface area contributed by atoms with Gasteiger partial charge in [-0.1, -0.05) is 59.1 Å². The van der Waals surface area contributed by atoms with E-state index in [9.17, 15) is 0 Å². The van der Waals surface area contributed by atoms with Gasteiger partial charge in [-0.25, -0.2) is 0 Å². The van der Waals surface area contributed by atoms with Gasteiger partial charge in [0.2, 0.25) is 0 Å². The van der Waals surface area contributed by atoms with Crippen LogP contribution in [-0.4, -0.2) is 0 Å². The van der Waals surface area contributed by atoms with Crippen LogP contribution in [0.15, 0.2) is 30.3 Å². The van der Waals surface area contributed by atoms with E-state index in [-0.39, 0.29) is 0 Å². The summed E-state index contributed by atoms with van der Waals surface area (Å²) in [6, 6.07) is 8.81. The van der Waals surface area contributed by atoms with Gasteiger partial charge in [-0.05, 0) is 24.0 Å². The van der Waals surface area contributed by atoms with Gasteiger partial charge < -0.3 is 0 Å². The summed E-state index contributed by atoms with van der Waals surface area (Å²) in [4.78, 5) is 0. The highest BCUT2D eigenvalue weighted by molar-refractivity contribution is 9.15. The molecular formula is C13H13Br. The van der Waals surface area contributed by atoms with Gasteiger partial charge in [0.1, 0.15) is 0 Å². The first-order valence-corrected chi connectivity index (χ1v) is 6.09. The van der Waals surface area contributed by atoms with Crippen LogP contribution >= 0.6 is 15.9 Å². The molecule has 1 heteroatoms. The van der Waals surface area contributed by atoms with Crippen LogP contribution in [0.1, 0.15) is 36.8 Å². The number of benzene rings is 1. The number of fused-ring (bicyclic) bond motifs is 2. The van der Waals surface area contributed by atoms with Gasteiger partial charge in [-0.2, -0.15) is 0 Å². The topological polar surface area (TPSA) is 0 Å². The standard InChI is InChI=1S/C13H13Br/c14-12-9-13(7-3-4-8-13)11-6-2-1-5-10(11)12/h1-2,5-6,9H,3-4,7-8H2. The van der Waals surface area contributed by atoms with Gasteiger partial charge in [0.05, 0.1) is 0 Å². The van der Waals surface area contributed by atoms with Crippen molar-refractivity contribution in [2.75, 3.05) is 0 Å². The first kappa shape index (κ1) is 8.72. The molecule has 0 nitrogen and oxygen atoms in total. The monoisotopic (exact) mass is 248 g/mol. The fraction of sp³-hybridized carbons (Fsp3) is 0.385. The van der Waals surface area contributed by atoms with E-state index in [4.69, 9.17) is 0 Å². The summed E-state index contributed by atoms with van der Waals surface area (Å²) in [5.74, 6) is 0. The average Bonchev–Trinajstić information content (AvgIpc) is 2.77. The van der Waals surface area contributed by atoms with Crippen molar-refractivity contribution in [2.24, 2.45) is 0 Å². The third-order valence-electron chi connectivity index (χ3n) is 3.62.